The van der Waals surface area contributed by atoms with E-state index in [1.54, 1.807) is 6.92 Å². The fourth-order valence-electron chi connectivity index (χ4n) is 1.61. The lowest BCUT2D eigenvalue weighted by Gasteiger charge is -2.29. The van der Waals surface area contributed by atoms with Gasteiger partial charge in [-0.2, -0.15) is 0 Å². The number of carboxylic acid groups (broad SMARTS) is 1. The number of anilines is 1. The van der Waals surface area contributed by atoms with Crippen LogP contribution in [0.25, 0.3) is 0 Å². The number of nitro groups is 1. The molecule has 0 aliphatic rings. The van der Waals surface area contributed by atoms with Gasteiger partial charge in [0, 0.05) is 23.4 Å². The number of hydrogen-bond donors (Lipinski definition) is 2. The maximum atomic E-state index is 11.1. The summed E-state index contributed by atoms with van der Waals surface area (Å²) in [7, 11) is 0. The number of carbonyl (C=O) groups is 1. The van der Waals surface area contributed by atoms with Crippen molar-refractivity contribution in [3.8, 4) is 0 Å². The van der Waals surface area contributed by atoms with Crippen molar-refractivity contribution >= 4 is 17.3 Å². The minimum Gasteiger partial charge on any atom is -0.478 e. The van der Waals surface area contributed by atoms with Crippen molar-refractivity contribution in [2.24, 2.45) is 5.41 Å². The molecule has 110 valence electrons. The summed E-state index contributed by atoms with van der Waals surface area (Å²) in [5.41, 5.74) is 0.593. The van der Waals surface area contributed by atoms with Crippen LogP contribution in [0, 0.1) is 22.5 Å². The van der Waals surface area contributed by atoms with Crippen LogP contribution < -0.4 is 5.32 Å². The number of nitro benzene ring substituents is 1. The van der Waals surface area contributed by atoms with E-state index in [-0.39, 0.29) is 22.7 Å². The zero-order valence-corrected chi connectivity index (χ0v) is 12.4. The van der Waals surface area contributed by atoms with Crippen LogP contribution in [0.1, 0.15) is 43.6 Å². The van der Waals surface area contributed by atoms with Gasteiger partial charge in [0.1, 0.15) is 0 Å². The van der Waals surface area contributed by atoms with Gasteiger partial charge in [-0.1, -0.05) is 20.8 Å². The van der Waals surface area contributed by atoms with Gasteiger partial charge in [0.2, 0.25) is 0 Å². The van der Waals surface area contributed by atoms with Gasteiger partial charge in [-0.25, -0.2) is 4.79 Å². The third-order valence-corrected chi connectivity index (χ3v) is 3.49. The predicted octanol–water partition coefficient (Wildman–Crippen LogP) is 3.45. The Morgan fingerprint density at radius 3 is 2.35 bits per heavy atom. The maximum Gasteiger partial charge on any atom is 0.336 e. The first-order valence-electron chi connectivity index (χ1n) is 6.33. The molecule has 0 bridgehead atoms. The molecule has 0 fully saturated rings. The van der Waals surface area contributed by atoms with Gasteiger partial charge in [0.25, 0.3) is 5.69 Å². The normalized spacial score (nSPS) is 12.8. The van der Waals surface area contributed by atoms with E-state index in [1.165, 1.54) is 6.07 Å². The van der Waals surface area contributed by atoms with Crippen molar-refractivity contribution < 1.29 is 14.8 Å². The Bertz CT molecular complexity index is 547. The second kappa shape index (κ2) is 5.48. The number of rotatable bonds is 4. The van der Waals surface area contributed by atoms with Gasteiger partial charge >= 0.3 is 5.97 Å². The van der Waals surface area contributed by atoms with Gasteiger partial charge in [-0.05, 0) is 25.3 Å². The summed E-state index contributed by atoms with van der Waals surface area (Å²) >= 11 is 0. The Labute approximate surface area is 118 Å². The van der Waals surface area contributed by atoms with Crippen LogP contribution in [-0.4, -0.2) is 22.0 Å². The molecule has 0 amide bonds. The van der Waals surface area contributed by atoms with Gasteiger partial charge in [0.15, 0.2) is 0 Å². The molecule has 0 aliphatic heterocycles. The van der Waals surface area contributed by atoms with Gasteiger partial charge in [-0.15, -0.1) is 0 Å². The number of hydrogen-bond acceptors (Lipinski definition) is 4. The third kappa shape index (κ3) is 3.46. The number of carboxylic acids is 1. The summed E-state index contributed by atoms with van der Waals surface area (Å²) in [6.45, 7) is 9.68. The third-order valence-electron chi connectivity index (χ3n) is 3.49. The first kappa shape index (κ1) is 15.9. The summed E-state index contributed by atoms with van der Waals surface area (Å²) in [5.74, 6) is -1.18. The van der Waals surface area contributed by atoms with Crippen molar-refractivity contribution in [3.63, 3.8) is 0 Å². The Morgan fingerprint density at radius 2 is 1.95 bits per heavy atom. The average molecular weight is 280 g/mol. The lowest BCUT2D eigenvalue weighted by Crippen LogP contribution is -2.31. The number of nitrogens with one attached hydrogen (secondary N) is 1. The highest BCUT2D eigenvalue weighted by Crippen LogP contribution is 2.31. The standard InChI is InChI=1S/C14H20N2O4/c1-8-11(15-9(2)14(3,4)5)6-10(13(17)18)7-12(8)16(19)20/h6-7,9,15H,1-5H3,(H,17,18). The number of nitrogens with zero attached hydrogens (tertiary/aromatic N) is 1. The van der Waals surface area contributed by atoms with Crippen LogP contribution in [0.5, 0.6) is 0 Å². The largest absolute Gasteiger partial charge is 0.478 e. The molecule has 1 aromatic carbocycles. The number of benzene rings is 1. The van der Waals surface area contributed by atoms with E-state index in [0.717, 1.165) is 6.07 Å². The van der Waals surface area contributed by atoms with Crippen molar-refractivity contribution in [3.05, 3.63) is 33.4 Å². The van der Waals surface area contributed by atoms with Gasteiger partial charge < -0.3 is 10.4 Å². The van der Waals surface area contributed by atoms with E-state index in [9.17, 15) is 14.9 Å². The zero-order valence-electron chi connectivity index (χ0n) is 12.4. The molecule has 20 heavy (non-hydrogen) atoms. The molecule has 2 N–H and O–H groups in total. The molecule has 6 heteroatoms. The first-order chi connectivity index (χ1) is 9.04. The predicted molar refractivity (Wildman–Crippen MR) is 77.3 cm³/mol. The van der Waals surface area contributed by atoms with Crippen LogP contribution in [0.3, 0.4) is 0 Å². The molecule has 6 nitrogen and oxygen atoms in total. The average Bonchev–Trinajstić information content (AvgIpc) is 2.29. The summed E-state index contributed by atoms with van der Waals surface area (Å²) in [5, 5.41) is 23.2. The number of aromatic carboxylic acids is 1. The fraction of sp³-hybridized carbons (Fsp3) is 0.500. The molecule has 0 radical (unpaired) electrons. The topological polar surface area (TPSA) is 92.5 Å². The molecule has 0 spiro atoms. The zero-order chi connectivity index (χ0) is 15.7. The highest BCUT2D eigenvalue weighted by Gasteiger charge is 2.24. The van der Waals surface area contributed by atoms with E-state index >= 15 is 0 Å². The minimum absolute atomic E-state index is 0.0323. The Hall–Kier alpha value is -2.11. The van der Waals surface area contributed by atoms with E-state index < -0.39 is 10.9 Å². The smallest absolute Gasteiger partial charge is 0.336 e. The molecule has 0 heterocycles. The lowest BCUT2D eigenvalue weighted by molar-refractivity contribution is -0.385. The van der Waals surface area contributed by atoms with E-state index in [2.05, 4.69) is 5.32 Å². The van der Waals surface area contributed by atoms with Crippen LogP contribution in [0.15, 0.2) is 12.1 Å². The Kier molecular flexibility index (Phi) is 4.37. The second-order valence-corrected chi connectivity index (χ2v) is 5.96. The van der Waals surface area contributed by atoms with Crippen LogP contribution in [-0.2, 0) is 0 Å². The Balaban J connectivity index is 3.31. The van der Waals surface area contributed by atoms with Crippen LogP contribution in [0.4, 0.5) is 11.4 Å². The molecular formula is C14H20N2O4. The fourth-order valence-corrected chi connectivity index (χ4v) is 1.61. The van der Waals surface area contributed by atoms with E-state index in [0.29, 0.717) is 11.3 Å². The minimum atomic E-state index is -1.18. The highest BCUT2D eigenvalue weighted by molar-refractivity contribution is 5.90. The molecule has 1 aromatic rings. The highest BCUT2D eigenvalue weighted by atomic mass is 16.6. The molecular weight excluding hydrogens is 260 g/mol. The Morgan fingerprint density at radius 1 is 1.40 bits per heavy atom. The molecule has 1 unspecified atom stereocenters. The van der Waals surface area contributed by atoms with Crippen molar-refractivity contribution in [2.45, 2.75) is 40.7 Å². The molecule has 0 saturated carbocycles. The van der Waals surface area contributed by atoms with Crippen molar-refractivity contribution in [1.29, 1.82) is 0 Å². The monoisotopic (exact) mass is 280 g/mol. The lowest BCUT2D eigenvalue weighted by atomic mass is 9.87. The van der Waals surface area contributed by atoms with Crippen LogP contribution >= 0.6 is 0 Å². The summed E-state index contributed by atoms with van der Waals surface area (Å²) in [6, 6.07) is 2.56. The maximum absolute atomic E-state index is 11.1. The van der Waals surface area contributed by atoms with Crippen LogP contribution in [0.2, 0.25) is 0 Å². The SMILES string of the molecule is Cc1c(NC(C)C(C)(C)C)cc(C(=O)O)cc1[N+](=O)[O-]. The molecule has 1 rings (SSSR count). The summed E-state index contributed by atoms with van der Waals surface area (Å²) in [4.78, 5) is 21.5. The van der Waals surface area contributed by atoms with Gasteiger partial charge in [0.05, 0.1) is 10.5 Å². The van der Waals surface area contributed by atoms with Crippen molar-refractivity contribution in [2.75, 3.05) is 5.32 Å². The molecule has 0 aromatic heterocycles. The van der Waals surface area contributed by atoms with E-state index in [1.807, 2.05) is 27.7 Å². The van der Waals surface area contributed by atoms with Crippen molar-refractivity contribution in [1.82, 2.24) is 0 Å². The summed E-state index contributed by atoms with van der Waals surface area (Å²) < 4.78 is 0. The van der Waals surface area contributed by atoms with Gasteiger partial charge in [-0.3, -0.25) is 10.1 Å². The molecule has 0 aliphatic carbocycles. The first-order valence-corrected chi connectivity index (χ1v) is 6.33. The summed E-state index contributed by atoms with van der Waals surface area (Å²) in [6.07, 6.45) is 0. The quantitative estimate of drug-likeness (QED) is 0.651. The molecule has 1 atom stereocenters. The van der Waals surface area contributed by atoms with E-state index in [4.69, 9.17) is 5.11 Å². The second-order valence-electron chi connectivity index (χ2n) is 5.96. The molecule has 0 saturated heterocycles.